The molecule has 0 amide bonds. The number of nitriles is 1. The molecular weight excluding hydrogens is 245 g/mol. The minimum Gasteiger partial charge on any atom is -0.386 e. The van der Waals surface area contributed by atoms with Crippen LogP contribution in [-0.4, -0.2) is 16.6 Å². The van der Waals surface area contributed by atoms with Crippen LogP contribution >= 0.6 is 0 Å². The van der Waals surface area contributed by atoms with E-state index in [1.807, 2.05) is 6.07 Å². The number of nitrogens with one attached hydrogen (secondary N) is 1. The fourth-order valence-electron chi connectivity index (χ4n) is 1.69. The molecule has 96 valence electrons. The molecule has 0 saturated carbocycles. The number of hydrogen-bond acceptors (Lipinski definition) is 4. The van der Waals surface area contributed by atoms with Gasteiger partial charge in [-0.3, -0.25) is 0 Å². The standard InChI is InChI=1S/C14H12FN3O/c15-12-6-2-1-5-11(12)13(19)9-18-14-10(8-16)4-3-7-17-14/h1-7,13,19H,9H2,(H,17,18)/t13-/m1/s1. The van der Waals surface area contributed by atoms with Gasteiger partial charge in [-0.1, -0.05) is 18.2 Å². The van der Waals surface area contributed by atoms with E-state index in [0.717, 1.165) is 0 Å². The molecule has 0 spiro atoms. The van der Waals surface area contributed by atoms with Crippen LogP contribution in [0, 0.1) is 17.1 Å². The van der Waals surface area contributed by atoms with Gasteiger partial charge in [0.2, 0.25) is 0 Å². The zero-order chi connectivity index (χ0) is 13.7. The van der Waals surface area contributed by atoms with Crippen molar-refractivity contribution in [3.8, 4) is 6.07 Å². The summed E-state index contributed by atoms with van der Waals surface area (Å²) in [6.45, 7) is 0.0760. The maximum Gasteiger partial charge on any atom is 0.143 e. The Morgan fingerprint density at radius 2 is 2.11 bits per heavy atom. The van der Waals surface area contributed by atoms with Crippen molar-refractivity contribution in [1.29, 1.82) is 5.26 Å². The minimum atomic E-state index is -1.00. The van der Waals surface area contributed by atoms with Crippen LogP contribution in [0.3, 0.4) is 0 Å². The molecule has 2 aromatic rings. The first kappa shape index (κ1) is 13.0. The molecule has 1 aromatic carbocycles. The van der Waals surface area contributed by atoms with Crippen molar-refractivity contribution in [3.05, 3.63) is 59.5 Å². The van der Waals surface area contributed by atoms with E-state index in [9.17, 15) is 9.50 Å². The number of halogens is 1. The van der Waals surface area contributed by atoms with Gasteiger partial charge in [-0.2, -0.15) is 5.26 Å². The number of anilines is 1. The molecule has 0 fully saturated rings. The average molecular weight is 257 g/mol. The lowest BCUT2D eigenvalue weighted by Crippen LogP contribution is -2.14. The number of benzene rings is 1. The fourth-order valence-corrected chi connectivity index (χ4v) is 1.69. The van der Waals surface area contributed by atoms with Crippen molar-refractivity contribution < 1.29 is 9.50 Å². The Bertz CT molecular complexity index is 610. The largest absolute Gasteiger partial charge is 0.386 e. The van der Waals surface area contributed by atoms with Gasteiger partial charge in [0.05, 0.1) is 11.7 Å². The first-order valence-corrected chi connectivity index (χ1v) is 5.74. The smallest absolute Gasteiger partial charge is 0.143 e. The Kier molecular flexibility index (Phi) is 4.06. The molecule has 0 aliphatic rings. The van der Waals surface area contributed by atoms with Crippen LogP contribution < -0.4 is 5.32 Å². The number of nitrogens with zero attached hydrogens (tertiary/aromatic N) is 2. The second kappa shape index (κ2) is 5.94. The predicted octanol–water partition coefficient (Wildman–Crippen LogP) is 2.24. The van der Waals surface area contributed by atoms with Crippen LogP contribution in [0.15, 0.2) is 42.6 Å². The molecule has 0 saturated heterocycles. The van der Waals surface area contributed by atoms with Crippen molar-refractivity contribution in [3.63, 3.8) is 0 Å². The van der Waals surface area contributed by atoms with Gasteiger partial charge in [0.25, 0.3) is 0 Å². The van der Waals surface area contributed by atoms with E-state index in [4.69, 9.17) is 5.26 Å². The van der Waals surface area contributed by atoms with Crippen molar-refractivity contribution in [2.75, 3.05) is 11.9 Å². The van der Waals surface area contributed by atoms with Crippen molar-refractivity contribution in [1.82, 2.24) is 4.98 Å². The molecule has 0 bridgehead atoms. The normalized spacial score (nSPS) is 11.6. The van der Waals surface area contributed by atoms with E-state index in [1.165, 1.54) is 12.1 Å². The molecule has 1 aromatic heterocycles. The van der Waals surface area contributed by atoms with Crippen LogP contribution in [0.4, 0.5) is 10.2 Å². The topological polar surface area (TPSA) is 68.9 Å². The molecule has 0 radical (unpaired) electrons. The summed E-state index contributed by atoms with van der Waals surface area (Å²) in [5, 5.41) is 21.6. The zero-order valence-electron chi connectivity index (χ0n) is 10.0. The molecule has 4 nitrogen and oxygen atoms in total. The van der Waals surface area contributed by atoms with Gasteiger partial charge in [0.15, 0.2) is 0 Å². The van der Waals surface area contributed by atoms with E-state index in [0.29, 0.717) is 11.4 Å². The Morgan fingerprint density at radius 3 is 2.84 bits per heavy atom. The van der Waals surface area contributed by atoms with Crippen molar-refractivity contribution in [2.24, 2.45) is 0 Å². The van der Waals surface area contributed by atoms with Crippen LogP contribution in [0.2, 0.25) is 0 Å². The Balaban J connectivity index is 2.07. The molecule has 1 heterocycles. The summed E-state index contributed by atoms with van der Waals surface area (Å²) in [4.78, 5) is 4.00. The number of aliphatic hydroxyl groups excluding tert-OH is 1. The van der Waals surface area contributed by atoms with Gasteiger partial charge in [0.1, 0.15) is 17.7 Å². The van der Waals surface area contributed by atoms with Gasteiger partial charge < -0.3 is 10.4 Å². The van der Waals surface area contributed by atoms with Crippen LogP contribution in [0.1, 0.15) is 17.2 Å². The first-order chi connectivity index (χ1) is 9.22. The predicted molar refractivity (Wildman–Crippen MR) is 68.8 cm³/mol. The summed E-state index contributed by atoms with van der Waals surface area (Å²) in [6, 6.07) is 11.3. The number of rotatable bonds is 4. The highest BCUT2D eigenvalue weighted by Gasteiger charge is 2.12. The molecule has 19 heavy (non-hydrogen) atoms. The summed E-state index contributed by atoms with van der Waals surface area (Å²) >= 11 is 0. The second-order valence-electron chi connectivity index (χ2n) is 3.93. The second-order valence-corrected chi connectivity index (χ2v) is 3.93. The van der Waals surface area contributed by atoms with E-state index in [-0.39, 0.29) is 12.1 Å². The molecule has 0 aliphatic heterocycles. The van der Waals surface area contributed by atoms with Crippen molar-refractivity contribution >= 4 is 5.82 Å². The molecule has 1 atom stereocenters. The van der Waals surface area contributed by atoms with E-state index >= 15 is 0 Å². The van der Waals surface area contributed by atoms with Gasteiger partial charge in [-0.25, -0.2) is 9.37 Å². The Hall–Kier alpha value is -2.45. The van der Waals surface area contributed by atoms with Crippen LogP contribution in [-0.2, 0) is 0 Å². The molecule has 0 aliphatic carbocycles. The monoisotopic (exact) mass is 257 g/mol. The van der Waals surface area contributed by atoms with Gasteiger partial charge >= 0.3 is 0 Å². The highest BCUT2D eigenvalue weighted by molar-refractivity contribution is 5.51. The fraction of sp³-hybridized carbons (Fsp3) is 0.143. The van der Waals surface area contributed by atoms with Gasteiger partial charge in [0, 0.05) is 18.3 Å². The summed E-state index contributed by atoms with van der Waals surface area (Å²) in [6.07, 6.45) is 0.535. The maximum absolute atomic E-state index is 13.5. The molecule has 0 unspecified atom stereocenters. The van der Waals surface area contributed by atoms with Gasteiger partial charge in [-0.05, 0) is 18.2 Å². The Labute approximate surface area is 110 Å². The lowest BCUT2D eigenvalue weighted by atomic mass is 10.1. The highest BCUT2D eigenvalue weighted by atomic mass is 19.1. The number of hydrogen-bond donors (Lipinski definition) is 2. The SMILES string of the molecule is N#Cc1cccnc1NC[C@@H](O)c1ccccc1F. The third-order valence-electron chi connectivity index (χ3n) is 2.66. The average Bonchev–Trinajstić information content (AvgIpc) is 2.45. The molecule has 2 rings (SSSR count). The van der Waals surface area contributed by atoms with Crippen LogP contribution in [0.5, 0.6) is 0 Å². The molecule has 5 heteroatoms. The quantitative estimate of drug-likeness (QED) is 0.881. The maximum atomic E-state index is 13.5. The van der Waals surface area contributed by atoms with E-state index in [1.54, 1.807) is 30.5 Å². The van der Waals surface area contributed by atoms with E-state index < -0.39 is 11.9 Å². The highest BCUT2D eigenvalue weighted by Crippen LogP contribution is 2.18. The van der Waals surface area contributed by atoms with E-state index in [2.05, 4.69) is 10.3 Å². The lowest BCUT2D eigenvalue weighted by molar-refractivity contribution is 0.186. The van der Waals surface area contributed by atoms with Crippen molar-refractivity contribution in [2.45, 2.75) is 6.10 Å². The molecular formula is C14H12FN3O. The minimum absolute atomic E-state index is 0.0760. The lowest BCUT2D eigenvalue weighted by Gasteiger charge is -2.13. The number of aromatic nitrogens is 1. The third-order valence-corrected chi connectivity index (χ3v) is 2.66. The van der Waals surface area contributed by atoms with Gasteiger partial charge in [-0.15, -0.1) is 0 Å². The zero-order valence-corrected chi connectivity index (χ0v) is 10.0. The summed E-state index contributed by atoms with van der Waals surface area (Å²) in [5.74, 6) is -0.0845. The number of aliphatic hydroxyl groups is 1. The Morgan fingerprint density at radius 1 is 1.32 bits per heavy atom. The third kappa shape index (κ3) is 3.06. The summed E-state index contributed by atoms with van der Waals surface area (Å²) in [5.41, 5.74) is 0.590. The number of pyridine rings is 1. The summed E-state index contributed by atoms with van der Waals surface area (Å²) < 4.78 is 13.5. The summed E-state index contributed by atoms with van der Waals surface area (Å²) in [7, 11) is 0. The first-order valence-electron chi connectivity index (χ1n) is 5.74. The van der Waals surface area contributed by atoms with Crippen LogP contribution in [0.25, 0.3) is 0 Å². The molecule has 2 N–H and O–H groups in total.